The molecular weight excluding hydrogens is 358 g/mol. The molecule has 3 heterocycles. The molecule has 1 aliphatic heterocycles. The fraction of sp³-hybridized carbons (Fsp3) is 0.250. The lowest BCUT2D eigenvalue weighted by atomic mass is 10.1. The normalized spacial score (nSPS) is 16.6. The monoisotopic (exact) mass is 379 g/mol. The summed E-state index contributed by atoms with van der Waals surface area (Å²) in [6.07, 6.45) is 1.74. The largest absolute Gasteiger partial charge is 0.372 e. The van der Waals surface area contributed by atoms with Crippen LogP contribution in [-0.4, -0.2) is 40.5 Å². The maximum absolute atomic E-state index is 12.9. The van der Waals surface area contributed by atoms with E-state index in [1.165, 1.54) is 17.0 Å². The molecule has 0 radical (unpaired) electrons. The van der Waals surface area contributed by atoms with Crippen molar-refractivity contribution in [2.24, 2.45) is 0 Å². The minimum absolute atomic E-state index is 0.0799. The van der Waals surface area contributed by atoms with Crippen LogP contribution in [0.5, 0.6) is 0 Å². The van der Waals surface area contributed by atoms with Gasteiger partial charge in [-0.15, -0.1) is 11.3 Å². The molecule has 0 saturated carbocycles. The third-order valence-electron chi connectivity index (χ3n) is 4.70. The molecule has 0 bridgehead atoms. The van der Waals surface area contributed by atoms with Crippen LogP contribution >= 0.6 is 11.3 Å². The van der Waals surface area contributed by atoms with Crippen LogP contribution in [0.25, 0.3) is 10.7 Å². The molecule has 1 aliphatic rings. The number of hydrogen-bond acceptors (Lipinski definition) is 5. The van der Waals surface area contributed by atoms with E-state index in [9.17, 15) is 4.79 Å². The van der Waals surface area contributed by atoms with Gasteiger partial charge in [-0.1, -0.05) is 24.3 Å². The maximum atomic E-state index is 12.9. The van der Waals surface area contributed by atoms with E-state index in [0.29, 0.717) is 12.4 Å². The van der Waals surface area contributed by atoms with E-state index < -0.39 is 0 Å². The summed E-state index contributed by atoms with van der Waals surface area (Å²) >= 11 is 1.47. The van der Waals surface area contributed by atoms with Gasteiger partial charge in [-0.2, -0.15) is 0 Å². The zero-order valence-electron chi connectivity index (χ0n) is 15.3. The number of hydrogen-bond donors (Lipinski definition) is 1. The predicted molar refractivity (Wildman–Crippen MR) is 109 cm³/mol. The Balaban J connectivity index is 1.52. The molecule has 2 amide bonds. The first-order valence-corrected chi connectivity index (χ1v) is 9.73. The van der Waals surface area contributed by atoms with E-state index in [1.807, 2.05) is 40.6 Å². The number of nitrogens with one attached hydrogen (secondary N) is 1. The Morgan fingerprint density at radius 1 is 1.22 bits per heavy atom. The van der Waals surface area contributed by atoms with Gasteiger partial charge >= 0.3 is 6.03 Å². The van der Waals surface area contributed by atoms with Gasteiger partial charge in [-0.25, -0.2) is 9.78 Å². The number of benzene rings is 1. The van der Waals surface area contributed by atoms with Gasteiger partial charge in [-0.3, -0.25) is 10.3 Å². The number of carbonyl (C=O) groups excluding carboxylic acids is 1. The van der Waals surface area contributed by atoms with Crippen molar-refractivity contribution in [2.45, 2.75) is 19.5 Å². The summed E-state index contributed by atoms with van der Waals surface area (Å²) in [5, 5.41) is 5.59. The van der Waals surface area contributed by atoms with Crippen LogP contribution in [0.3, 0.4) is 0 Å². The van der Waals surface area contributed by atoms with Gasteiger partial charge in [0.1, 0.15) is 10.8 Å². The first-order chi connectivity index (χ1) is 13.1. The molecule has 2 aromatic heterocycles. The Morgan fingerprint density at radius 3 is 2.85 bits per heavy atom. The van der Waals surface area contributed by atoms with Crippen molar-refractivity contribution < 1.29 is 4.79 Å². The molecular formula is C20H21N5OS. The topological polar surface area (TPSA) is 61.4 Å². The van der Waals surface area contributed by atoms with Gasteiger partial charge in [0.25, 0.3) is 0 Å². The van der Waals surface area contributed by atoms with Crippen molar-refractivity contribution in [3.63, 3.8) is 0 Å². The summed E-state index contributed by atoms with van der Waals surface area (Å²) in [7, 11) is 2.07. The second-order valence-electron chi connectivity index (χ2n) is 6.67. The molecule has 0 aliphatic carbocycles. The lowest BCUT2D eigenvalue weighted by Gasteiger charge is -2.28. The number of likely N-dealkylation sites (N-methyl/N-ethyl adjacent to an activating group) is 1. The average molecular weight is 379 g/mol. The molecule has 0 saturated heterocycles. The smallest absolute Gasteiger partial charge is 0.323 e. The van der Waals surface area contributed by atoms with Crippen molar-refractivity contribution in [3.05, 3.63) is 59.6 Å². The van der Waals surface area contributed by atoms with Gasteiger partial charge in [0.2, 0.25) is 0 Å². The fourth-order valence-electron chi connectivity index (χ4n) is 3.34. The second kappa shape index (κ2) is 7.36. The van der Waals surface area contributed by atoms with E-state index in [2.05, 4.69) is 46.3 Å². The predicted octanol–water partition coefficient (Wildman–Crippen LogP) is 4.08. The van der Waals surface area contributed by atoms with Crippen LogP contribution in [0.1, 0.15) is 12.5 Å². The van der Waals surface area contributed by atoms with Crippen molar-refractivity contribution >= 4 is 28.9 Å². The van der Waals surface area contributed by atoms with Crippen LogP contribution in [0.15, 0.2) is 54.0 Å². The van der Waals surface area contributed by atoms with Crippen molar-refractivity contribution in [1.82, 2.24) is 14.9 Å². The zero-order valence-corrected chi connectivity index (χ0v) is 16.1. The average Bonchev–Trinajstić information content (AvgIpc) is 3.10. The third kappa shape index (κ3) is 3.64. The van der Waals surface area contributed by atoms with E-state index in [0.717, 1.165) is 22.8 Å². The number of nitrogens with zero attached hydrogens (tertiary/aromatic N) is 4. The Morgan fingerprint density at radius 2 is 2.04 bits per heavy atom. The molecule has 138 valence electrons. The Labute approximate surface area is 162 Å². The lowest BCUT2D eigenvalue weighted by molar-refractivity contribution is 0.192. The van der Waals surface area contributed by atoms with Crippen molar-refractivity contribution in [1.29, 1.82) is 0 Å². The fourth-order valence-corrected chi connectivity index (χ4v) is 4.07. The summed E-state index contributed by atoms with van der Waals surface area (Å²) in [5.74, 6) is 0.559. The van der Waals surface area contributed by atoms with Crippen molar-refractivity contribution in [2.75, 3.05) is 23.8 Å². The van der Waals surface area contributed by atoms with E-state index in [1.54, 1.807) is 6.20 Å². The summed E-state index contributed by atoms with van der Waals surface area (Å²) in [6.45, 7) is 3.42. The van der Waals surface area contributed by atoms with Gasteiger partial charge in [-0.05, 0) is 30.7 Å². The molecule has 7 heteroatoms. The first kappa shape index (κ1) is 17.5. The lowest BCUT2D eigenvalue weighted by Crippen LogP contribution is -2.44. The third-order valence-corrected chi connectivity index (χ3v) is 5.56. The van der Waals surface area contributed by atoms with Gasteiger partial charge in [0, 0.05) is 43.4 Å². The van der Waals surface area contributed by atoms with Gasteiger partial charge in [0.05, 0.1) is 5.69 Å². The quantitative estimate of drug-likeness (QED) is 0.729. The van der Waals surface area contributed by atoms with Gasteiger partial charge < -0.3 is 9.80 Å². The Hall–Kier alpha value is -2.93. The van der Waals surface area contributed by atoms with Crippen LogP contribution in [0, 0.1) is 0 Å². The van der Waals surface area contributed by atoms with E-state index in [-0.39, 0.29) is 12.1 Å². The van der Waals surface area contributed by atoms with Crippen molar-refractivity contribution in [3.8, 4) is 10.7 Å². The molecule has 0 fully saturated rings. The Kier molecular flexibility index (Phi) is 4.77. The second-order valence-corrected chi connectivity index (χ2v) is 7.53. The highest BCUT2D eigenvalue weighted by molar-refractivity contribution is 7.13. The number of thiazole rings is 1. The van der Waals surface area contributed by atoms with Gasteiger partial charge in [0.15, 0.2) is 0 Å². The first-order valence-electron chi connectivity index (χ1n) is 8.85. The summed E-state index contributed by atoms with van der Waals surface area (Å²) in [5.41, 5.74) is 3.12. The highest BCUT2D eigenvalue weighted by Gasteiger charge is 2.27. The number of para-hydroxylation sites is 1. The summed E-state index contributed by atoms with van der Waals surface area (Å²) in [4.78, 5) is 25.8. The van der Waals surface area contributed by atoms with Crippen LogP contribution in [-0.2, 0) is 6.54 Å². The number of rotatable bonds is 2. The molecule has 1 atom stereocenters. The molecule has 3 aromatic rings. The highest BCUT2D eigenvalue weighted by atomic mass is 32.1. The SMILES string of the molecule is C[C@H]1CN(C)c2ccccc2CN1C(=O)Nc1csc(-c2ccccn2)n1. The summed E-state index contributed by atoms with van der Waals surface area (Å²) < 4.78 is 0. The van der Waals surface area contributed by atoms with E-state index in [4.69, 9.17) is 0 Å². The van der Waals surface area contributed by atoms with E-state index >= 15 is 0 Å². The molecule has 1 aromatic carbocycles. The molecule has 6 nitrogen and oxygen atoms in total. The molecule has 0 unspecified atom stereocenters. The maximum Gasteiger partial charge on any atom is 0.323 e. The molecule has 27 heavy (non-hydrogen) atoms. The number of anilines is 2. The van der Waals surface area contributed by atoms with Crippen LogP contribution in [0.2, 0.25) is 0 Å². The minimum Gasteiger partial charge on any atom is -0.372 e. The van der Waals surface area contributed by atoms with Crippen LogP contribution in [0.4, 0.5) is 16.3 Å². The number of aromatic nitrogens is 2. The molecule has 1 N–H and O–H groups in total. The zero-order chi connectivity index (χ0) is 18.8. The number of carbonyl (C=O) groups is 1. The number of urea groups is 1. The minimum atomic E-state index is -0.134. The number of fused-ring (bicyclic) bond motifs is 1. The standard InChI is InChI=1S/C20H21N5OS/c1-14-11-24(2)17-9-4-3-7-15(17)12-25(14)20(26)23-18-13-27-19(22-18)16-8-5-6-10-21-16/h3-10,13-14H,11-12H2,1-2H3,(H,23,26)/t14-/m0/s1. The summed E-state index contributed by atoms with van der Waals surface area (Å²) in [6, 6.07) is 13.9. The van der Waals surface area contributed by atoms with Crippen LogP contribution < -0.4 is 10.2 Å². The molecule has 0 spiro atoms. The number of pyridine rings is 1. The number of amides is 2. The highest BCUT2D eigenvalue weighted by Crippen LogP contribution is 2.27. The Bertz CT molecular complexity index is 942. The molecule has 4 rings (SSSR count).